The lowest BCUT2D eigenvalue weighted by molar-refractivity contribution is 0.0705. The number of nitrogens with one attached hydrogen (secondary N) is 1. The van der Waals surface area contributed by atoms with E-state index in [1.807, 2.05) is 20.8 Å². The van der Waals surface area contributed by atoms with Crippen LogP contribution in [0.4, 0.5) is 0 Å². The van der Waals surface area contributed by atoms with Gasteiger partial charge in [-0.1, -0.05) is 19.0 Å². The summed E-state index contributed by atoms with van der Waals surface area (Å²) < 4.78 is 5.21. The van der Waals surface area contributed by atoms with Crippen molar-refractivity contribution in [1.29, 1.82) is 0 Å². The van der Waals surface area contributed by atoms with E-state index in [2.05, 4.69) is 15.5 Å². The molecule has 24 heavy (non-hydrogen) atoms. The summed E-state index contributed by atoms with van der Waals surface area (Å²) in [6.45, 7) is 7.22. The number of pyridine rings is 1. The van der Waals surface area contributed by atoms with E-state index in [-0.39, 0.29) is 30.0 Å². The Morgan fingerprint density at radius 1 is 1.38 bits per heavy atom. The maximum Gasteiger partial charge on any atom is 0.273 e. The fourth-order valence-electron chi connectivity index (χ4n) is 2.27. The second-order valence-electron chi connectivity index (χ2n) is 5.86. The molecule has 0 saturated carbocycles. The van der Waals surface area contributed by atoms with Gasteiger partial charge >= 0.3 is 0 Å². The number of carbonyl (C=O) groups is 2. The molecular formula is C17H22N4O3. The topological polar surface area (TPSA) is 88.3 Å². The fourth-order valence-corrected chi connectivity index (χ4v) is 2.27. The highest BCUT2D eigenvalue weighted by Gasteiger charge is 2.20. The Hall–Kier alpha value is -2.70. The van der Waals surface area contributed by atoms with Crippen LogP contribution in [0.5, 0.6) is 0 Å². The van der Waals surface area contributed by atoms with Crippen LogP contribution in [-0.2, 0) is 6.54 Å². The molecule has 0 atom stereocenters. The molecule has 0 saturated heterocycles. The van der Waals surface area contributed by atoms with Crippen LogP contribution in [0.15, 0.2) is 35.1 Å². The van der Waals surface area contributed by atoms with Crippen LogP contribution in [-0.4, -0.2) is 39.9 Å². The number of aromatic nitrogens is 2. The molecule has 2 heterocycles. The number of rotatable bonds is 7. The molecule has 128 valence electrons. The Balaban J connectivity index is 2.14. The third kappa shape index (κ3) is 4.65. The zero-order valence-electron chi connectivity index (χ0n) is 14.2. The number of hydrogen-bond acceptors (Lipinski definition) is 5. The van der Waals surface area contributed by atoms with Gasteiger partial charge < -0.3 is 14.7 Å². The van der Waals surface area contributed by atoms with Crippen molar-refractivity contribution in [2.24, 2.45) is 5.92 Å². The van der Waals surface area contributed by atoms with E-state index in [0.29, 0.717) is 24.4 Å². The maximum atomic E-state index is 12.7. The summed E-state index contributed by atoms with van der Waals surface area (Å²) in [6, 6.07) is 5.01. The van der Waals surface area contributed by atoms with Crippen molar-refractivity contribution >= 4 is 11.8 Å². The summed E-state index contributed by atoms with van der Waals surface area (Å²) in [7, 11) is 0. The second kappa shape index (κ2) is 8.24. The molecule has 2 amide bonds. The van der Waals surface area contributed by atoms with Crippen molar-refractivity contribution in [3.63, 3.8) is 0 Å². The van der Waals surface area contributed by atoms with E-state index in [4.69, 9.17) is 4.52 Å². The van der Waals surface area contributed by atoms with Crippen LogP contribution >= 0.6 is 0 Å². The fraction of sp³-hybridized carbons (Fsp3) is 0.412. The number of nitrogens with zero attached hydrogens (tertiary/aromatic N) is 3. The van der Waals surface area contributed by atoms with Gasteiger partial charge in [-0.3, -0.25) is 14.6 Å². The first-order valence-corrected chi connectivity index (χ1v) is 7.94. The maximum absolute atomic E-state index is 12.7. The zero-order valence-corrected chi connectivity index (χ0v) is 14.2. The van der Waals surface area contributed by atoms with Gasteiger partial charge in [-0.05, 0) is 25.0 Å². The second-order valence-corrected chi connectivity index (χ2v) is 5.86. The molecule has 2 aromatic rings. The quantitative estimate of drug-likeness (QED) is 0.840. The molecule has 0 aliphatic carbocycles. The van der Waals surface area contributed by atoms with Crippen molar-refractivity contribution in [3.05, 3.63) is 47.6 Å². The molecule has 7 heteroatoms. The van der Waals surface area contributed by atoms with Crippen LogP contribution in [0, 0.1) is 5.92 Å². The summed E-state index contributed by atoms with van der Waals surface area (Å²) in [5.41, 5.74) is 0.729. The van der Waals surface area contributed by atoms with E-state index >= 15 is 0 Å². The van der Waals surface area contributed by atoms with Crippen molar-refractivity contribution < 1.29 is 14.1 Å². The lowest BCUT2D eigenvalue weighted by Crippen LogP contribution is -2.33. The van der Waals surface area contributed by atoms with Gasteiger partial charge in [-0.2, -0.15) is 0 Å². The molecule has 2 rings (SSSR count). The lowest BCUT2D eigenvalue weighted by Gasteiger charge is -2.23. The first-order chi connectivity index (χ1) is 11.5. The van der Waals surface area contributed by atoms with E-state index < -0.39 is 0 Å². The van der Waals surface area contributed by atoms with Gasteiger partial charge in [-0.15, -0.1) is 0 Å². The summed E-state index contributed by atoms with van der Waals surface area (Å²) in [4.78, 5) is 30.1. The third-order valence-electron chi connectivity index (χ3n) is 3.26. The first-order valence-electron chi connectivity index (χ1n) is 7.94. The summed E-state index contributed by atoms with van der Waals surface area (Å²) in [6.07, 6.45) is 3.16. The standard InChI is InChI=1S/C17H22N4O3/c1-4-19-16(22)15-8-14(24-20-15)11-21(10-12(2)3)17(23)13-6-5-7-18-9-13/h5-9,12H,4,10-11H2,1-3H3,(H,19,22). The Kier molecular flexibility index (Phi) is 6.06. The van der Waals surface area contributed by atoms with E-state index in [1.54, 1.807) is 29.3 Å². The molecule has 0 bridgehead atoms. The molecule has 2 aromatic heterocycles. The molecule has 1 N–H and O–H groups in total. The van der Waals surface area contributed by atoms with Gasteiger partial charge in [0.1, 0.15) is 0 Å². The van der Waals surface area contributed by atoms with Crippen LogP contribution in [0.3, 0.4) is 0 Å². The third-order valence-corrected chi connectivity index (χ3v) is 3.26. The summed E-state index contributed by atoms with van der Waals surface area (Å²) >= 11 is 0. The van der Waals surface area contributed by atoms with Crippen molar-refractivity contribution in [1.82, 2.24) is 20.4 Å². The highest BCUT2D eigenvalue weighted by molar-refractivity contribution is 5.94. The van der Waals surface area contributed by atoms with Crippen LogP contribution < -0.4 is 5.32 Å². The molecule has 0 aliphatic heterocycles. The van der Waals surface area contributed by atoms with Crippen LogP contribution in [0.2, 0.25) is 0 Å². The Morgan fingerprint density at radius 2 is 2.17 bits per heavy atom. The van der Waals surface area contributed by atoms with Gasteiger partial charge in [0.25, 0.3) is 11.8 Å². The Labute approximate surface area is 141 Å². The highest BCUT2D eigenvalue weighted by Crippen LogP contribution is 2.13. The predicted octanol–water partition coefficient (Wildman–Crippen LogP) is 2.12. The van der Waals surface area contributed by atoms with E-state index in [9.17, 15) is 9.59 Å². The minimum Gasteiger partial charge on any atom is -0.359 e. The molecule has 0 aliphatic rings. The van der Waals surface area contributed by atoms with Gasteiger partial charge in [0.15, 0.2) is 11.5 Å². The average Bonchev–Trinajstić information content (AvgIpc) is 3.03. The smallest absolute Gasteiger partial charge is 0.273 e. The lowest BCUT2D eigenvalue weighted by atomic mass is 10.1. The largest absolute Gasteiger partial charge is 0.359 e. The van der Waals surface area contributed by atoms with Gasteiger partial charge in [0, 0.05) is 31.5 Å². The number of amides is 2. The SMILES string of the molecule is CCNC(=O)c1cc(CN(CC(C)C)C(=O)c2cccnc2)on1. The van der Waals surface area contributed by atoms with E-state index in [0.717, 1.165) is 0 Å². The highest BCUT2D eigenvalue weighted by atomic mass is 16.5. The minimum atomic E-state index is -0.290. The summed E-state index contributed by atoms with van der Waals surface area (Å²) in [5, 5.41) is 6.42. The molecule has 0 fully saturated rings. The van der Waals surface area contributed by atoms with Gasteiger partial charge in [0.2, 0.25) is 0 Å². The van der Waals surface area contributed by atoms with Crippen molar-refractivity contribution in [2.45, 2.75) is 27.3 Å². The Morgan fingerprint density at radius 3 is 2.79 bits per heavy atom. The van der Waals surface area contributed by atoms with E-state index in [1.165, 1.54) is 6.20 Å². The summed E-state index contributed by atoms with van der Waals surface area (Å²) in [5.74, 6) is 0.333. The first kappa shape index (κ1) is 17.7. The molecule has 0 spiro atoms. The average molecular weight is 330 g/mol. The molecule has 0 unspecified atom stereocenters. The van der Waals surface area contributed by atoms with Crippen molar-refractivity contribution in [2.75, 3.05) is 13.1 Å². The number of carbonyl (C=O) groups excluding carboxylic acids is 2. The molecule has 0 aromatic carbocycles. The van der Waals surface area contributed by atoms with Gasteiger partial charge in [-0.25, -0.2) is 0 Å². The monoisotopic (exact) mass is 330 g/mol. The number of hydrogen-bond donors (Lipinski definition) is 1. The zero-order chi connectivity index (χ0) is 17.5. The molecule has 7 nitrogen and oxygen atoms in total. The minimum absolute atomic E-state index is 0.132. The van der Waals surface area contributed by atoms with Crippen LogP contribution in [0.25, 0.3) is 0 Å². The Bertz CT molecular complexity index is 682. The molecular weight excluding hydrogens is 308 g/mol. The predicted molar refractivity (Wildman–Crippen MR) is 88.3 cm³/mol. The molecule has 0 radical (unpaired) electrons. The van der Waals surface area contributed by atoms with Crippen LogP contribution in [0.1, 0.15) is 47.4 Å². The normalized spacial score (nSPS) is 10.7. The van der Waals surface area contributed by atoms with Crippen molar-refractivity contribution in [3.8, 4) is 0 Å². The van der Waals surface area contributed by atoms with Gasteiger partial charge in [0.05, 0.1) is 12.1 Å².